The number of hydrogen-bond donors (Lipinski definition) is 1. The summed E-state index contributed by atoms with van der Waals surface area (Å²) in [4.78, 5) is 22.2. The Morgan fingerprint density at radius 1 is 1.55 bits per heavy atom. The van der Waals surface area contributed by atoms with E-state index < -0.39 is 10.9 Å². The number of aromatic nitrogens is 2. The van der Waals surface area contributed by atoms with E-state index in [1.807, 2.05) is 0 Å². The Kier molecular flexibility index (Phi) is 3.96. The summed E-state index contributed by atoms with van der Waals surface area (Å²) in [7, 11) is 1.72. The van der Waals surface area contributed by atoms with Crippen LogP contribution in [-0.4, -0.2) is 25.8 Å². The van der Waals surface area contributed by atoms with E-state index in [1.54, 1.807) is 24.1 Å². The largest absolute Gasteiger partial charge is 0.478 e. The van der Waals surface area contributed by atoms with Crippen molar-refractivity contribution in [1.29, 1.82) is 0 Å². The number of benzene rings is 1. The van der Waals surface area contributed by atoms with Gasteiger partial charge in [0.05, 0.1) is 26.6 Å². The predicted octanol–water partition coefficient (Wildman–Crippen LogP) is 2.83. The van der Waals surface area contributed by atoms with E-state index in [9.17, 15) is 14.9 Å². The summed E-state index contributed by atoms with van der Waals surface area (Å²) in [5, 5.41) is 23.9. The van der Waals surface area contributed by atoms with Gasteiger partial charge in [0.25, 0.3) is 5.69 Å². The number of aromatic carboxylic acids is 1. The quantitative estimate of drug-likeness (QED) is 0.688. The molecule has 9 heteroatoms. The van der Waals surface area contributed by atoms with Crippen molar-refractivity contribution in [3.63, 3.8) is 0 Å². The third kappa shape index (κ3) is 2.91. The van der Waals surface area contributed by atoms with Crippen LogP contribution >= 0.6 is 23.4 Å². The van der Waals surface area contributed by atoms with Gasteiger partial charge >= 0.3 is 5.97 Å². The average molecular weight is 314 g/mol. The SMILES string of the molecule is Cn1cc(Sc2c(Cl)cc([N+](=O)[O-])cc2C(=O)O)cn1. The van der Waals surface area contributed by atoms with Crippen LogP contribution in [0, 0.1) is 10.1 Å². The van der Waals surface area contributed by atoms with Crippen molar-refractivity contribution in [2.45, 2.75) is 9.79 Å². The Bertz CT molecular complexity index is 701. The molecule has 2 aromatic rings. The zero-order chi connectivity index (χ0) is 14.9. The highest BCUT2D eigenvalue weighted by atomic mass is 35.5. The molecule has 0 unspecified atom stereocenters. The molecule has 0 amide bonds. The van der Waals surface area contributed by atoms with Crippen molar-refractivity contribution in [2.75, 3.05) is 0 Å². The van der Waals surface area contributed by atoms with Crippen LogP contribution in [0.15, 0.2) is 34.3 Å². The number of nitro groups is 1. The Hall–Kier alpha value is -2.06. The van der Waals surface area contributed by atoms with Crippen molar-refractivity contribution in [2.24, 2.45) is 7.05 Å². The fourth-order valence-corrected chi connectivity index (χ4v) is 2.80. The number of non-ortho nitro benzene ring substituents is 1. The molecular weight excluding hydrogens is 306 g/mol. The fourth-order valence-electron chi connectivity index (χ4n) is 1.52. The van der Waals surface area contributed by atoms with Gasteiger partial charge < -0.3 is 5.11 Å². The molecule has 104 valence electrons. The molecule has 0 aliphatic carbocycles. The summed E-state index contributed by atoms with van der Waals surface area (Å²) in [5.41, 5.74) is -0.569. The molecule has 1 N–H and O–H groups in total. The molecule has 2 rings (SSSR count). The van der Waals surface area contributed by atoms with Crippen LogP contribution in [0.1, 0.15) is 10.4 Å². The Morgan fingerprint density at radius 2 is 2.25 bits per heavy atom. The maximum absolute atomic E-state index is 11.2. The lowest BCUT2D eigenvalue weighted by Crippen LogP contribution is -2.01. The molecule has 0 spiro atoms. The number of nitrogens with zero attached hydrogens (tertiary/aromatic N) is 3. The second-order valence-corrected chi connectivity index (χ2v) is 5.31. The first-order chi connectivity index (χ1) is 9.38. The lowest BCUT2D eigenvalue weighted by molar-refractivity contribution is -0.384. The van der Waals surface area contributed by atoms with Crippen molar-refractivity contribution in [1.82, 2.24) is 9.78 Å². The van der Waals surface area contributed by atoms with Crippen molar-refractivity contribution in [3.05, 3.63) is 45.2 Å². The number of nitro benzene ring substituents is 1. The molecule has 0 aliphatic rings. The topological polar surface area (TPSA) is 98.3 Å². The standard InChI is InChI=1S/C11H8ClN3O4S/c1-14-5-7(4-13-14)20-10-8(11(16)17)2-6(15(18)19)3-9(10)12/h2-5H,1H3,(H,16,17). The van der Waals surface area contributed by atoms with Gasteiger partial charge in [-0.25, -0.2) is 4.79 Å². The summed E-state index contributed by atoms with van der Waals surface area (Å²) >= 11 is 7.06. The Balaban J connectivity index is 2.51. The van der Waals surface area contributed by atoms with E-state index in [1.165, 1.54) is 0 Å². The highest BCUT2D eigenvalue weighted by molar-refractivity contribution is 7.99. The molecule has 1 aromatic heterocycles. The number of hydrogen-bond acceptors (Lipinski definition) is 5. The minimum atomic E-state index is -1.28. The van der Waals surface area contributed by atoms with E-state index in [0.717, 1.165) is 23.9 Å². The zero-order valence-electron chi connectivity index (χ0n) is 10.1. The summed E-state index contributed by atoms with van der Waals surface area (Å²) in [6.45, 7) is 0. The van der Waals surface area contributed by atoms with Gasteiger partial charge in [-0.15, -0.1) is 0 Å². The summed E-state index contributed by atoms with van der Waals surface area (Å²) in [6.07, 6.45) is 3.24. The molecular formula is C11H8ClN3O4S. The van der Waals surface area contributed by atoms with Crippen molar-refractivity contribution < 1.29 is 14.8 Å². The van der Waals surface area contributed by atoms with Gasteiger partial charge in [0.15, 0.2) is 0 Å². The van der Waals surface area contributed by atoms with Crippen LogP contribution < -0.4 is 0 Å². The molecule has 20 heavy (non-hydrogen) atoms. The first-order valence-electron chi connectivity index (χ1n) is 5.26. The van der Waals surface area contributed by atoms with E-state index in [-0.39, 0.29) is 21.2 Å². The van der Waals surface area contributed by atoms with Crippen LogP contribution in [0.4, 0.5) is 5.69 Å². The molecule has 0 aliphatic heterocycles. The van der Waals surface area contributed by atoms with Crippen LogP contribution in [0.5, 0.6) is 0 Å². The van der Waals surface area contributed by atoms with Crippen molar-refractivity contribution in [3.8, 4) is 0 Å². The normalized spacial score (nSPS) is 10.5. The lowest BCUT2D eigenvalue weighted by atomic mass is 10.2. The monoisotopic (exact) mass is 313 g/mol. The van der Waals surface area contributed by atoms with E-state index >= 15 is 0 Å². The van der Waals surface area contributed by atoms with Gasteiger partial charge in [0.1, 0.15) is 0 Å². The number of carboxylic acid groups (broad SMARTS) is 1. The number of aryl methyl sites for hydroxylation is 1. The first-order valence-corrected chi connectivity index (χ1v) is 6.45. The lowest BCUT2D eigenvalue weighted by Gasteiger charge is -2.06. The summed E-state index contributed by atoms with van der Waals surface area (Å²) in [6, 6.07) is 2.12. The van der Waals surface area contributed by atoms with E-state index in [2.05, 4.69) is 5.10 Å². The maximum Gasteiger partial charge on any atom is 0.337 e. The minimum Gasteiger partial charge on any atom is -0.478 e. The summed E-state index contributed by atoms with van der Waals surface area (Å²) in [5.74, 6) is -1.28. The minimum absolute atomic E-state index is 0.0189. The van der Waals surface area contributed by atoms with Crippen LogP contribution in [0.25, 0.3) is 0 Å². The molecule has 1 heterocycles. The average Bonchev–Trinajstić information content (AvgIpc) is 2.76. The van der Waals surface area contributed by atoms with Crippen LogP contribution in [-0.2, 0) is 7.05 Å². The number of rotatable bonds is 4. The molecule has 0 bridgehead atoms. The number of halogens is 1. The van der Waals surface area contributed by atoms with Gasteiger partial charge in [-0.05, 0) is 0 Å². The molecule has 0 saturated carbocycles. The highest BCUT2D eigenvalue weighted by Crippen LogP contribution is 2.38. The predicted molar refractivity (Wildman–Crippen MR) is 72.4 cm³/mol. The van der Waals surface area contributed by atoms with Crippen LogP contribution in [0.2, 0.25) is 5.02 Å². The van der Waals surface area contributed by atoms with Crippen LogP contribution in [0.3, 0.4) is 0 Å². The second kappa shape index (κ2) is 5.51. The molecule has 0 saturated heterocycles. The van der Waals surface area contributed by atoms with E-state index in [4.69, 9.17) is 16.7 Å². The van der Waals surface area contributed by atoms with Gasteiger partial charge in [-0.2, -0.15) is 5.10 Å². The third-order valence-corrected chi connectivity index (χ3v) is 3.87. The van der Waals surface area contributed by atoms with Gasteiger partial charge in [0.2, 0.25) is 0 Å². The highest BCUT2D eigenvalue weighted by Gasteiger charge is 2.21. The maximum atomic E-state index is 11.2. The molecule has 7 nitrogen and oxygen atoms in total. The molecule has 1 aromatic carbocycles. The second-order valence-electron chi connectivity index (χ2n) is 3.82. The number of carbonyl (C=O) groups is 1. The molecule has 0 atom stereocenters. The van der Waals surface area contributed by atoms with E-state index in [0.29, 0.717) is 4.90 Å². The smallest absolute Gasteiger partial charge is 0.337 e. The van der Waals surface area contributed by atoms with Gasteiger partial charge in [-0.3, -0.25) is 14.8 Å². The Morgan fingerprint density at radius 3 is 2.75 bits per heavy atom. The third-order valence-electron chi connectivity index (χ3n) is 2.37. The van der Waals surface area contributed by atoms with Crippen molar-refractivity contribution >= 4 is 35.0 Å². The number of carboxylic acids is 1. The zero-order valence-corrected chi connectivity index (χ0v) is 11.7. The van der Waals surface area contributed by atoms with Gasteiger partial charge in [-0.1, -0.05) is 23.4 Å². The summed E-state index contributed by atoms with van der Waals surface area (Å²) < 4.78 is 1.56. The van der Waals surface area contributed by atoms with Gasteiger partial charge in [0, 0.05) is 30.3 Å². The fraction of sp³-hybridized carbons (Fsp3) is 0.0909. The molecule has 0 fully saturated rings. The Labute approximate surface area is 122 Å². The first kappa shape index (κ1) is 14.4. The molecule has 0 radical (unpaired) electrons.